The van der Waals surface area contributed by atoms with E-state index in [0.717, 1.165) is 4.90 Å². The van der Waals surface area contributed by atoms with Crippen LogP contribution in [0, 0.1) is 5.82 Å². The number of amides is 1. The fourth-order valence-electron chi connectivity index (χ4n) is 4.22. The Balaban J connectivity index is 1.82. The van der Waals surface area contributed by atoms with Crippen LogP contribution >= 0.6 is 0 Å². The minimum Gasteiger partial charge on any atom is -0.492 e. The van der Waals surface area contributed by atoms with E-state index in [1.165, 1.54) is 13.0 Å². The molecule has 6 nitrogen and oxygen atoms in total. The zero-order valence-corrected chi connectivity index (χ0v) is 18.2. The second-order valence-electron chi connectivity index (χ2n) is 7.93. The minimum absolute atomic E-state index is 0.0860. The summed E-state index contributed by atoms with van der Waals surface area (Å²) >= 11 is 0. The summed E-state index contributed by atoms with van der Waals surface area (Å²) in [5.74, 6) is -4.75. The molecule has 2 atom stereocenters. The third kappa shape index (κ3) is 4.21. The molecule has 1 fully saturated rings. The molecule has 32 heavy (non-hydrogen) atoms. The standard InChI is InChI=1S/C22H23F3N2O4S/c1-2-32(29,30)26-21-17-12-14-6-5-8-16(20(14)23)15-7-3-4-9-18(15)31-11-10-19(28)27(17)13-22(21,24)25/h3-9,17,21,26H,2,10-13H2,1H3. The van der Waals surface area contributed by atoms with Crippen molar-refractivity contribution in [2.75, 3.05) is 18.9 Å². The fraction of sp³-hybridized carbons (Fsp3) is 0.409. The van der Waals surface area contributed by atoms with E-state index in [2.05, 4.69) is 0 Å². The lowest BCUT2D eigenvalue weighted by molar-refractivity contribution is -0.133. The van der Waals surface area contributed by atoms with Crippen molar-refractivity contribution in [3.8, 4) is 16.9 Å². The van der Waals surface area contributed by atoms with Crippen molar-refractivity contribution in [2.45, 2.75) is 37.8 Å². The molecule has 0 aliphatic carbocycles. The van der Waals surface area contributed by atoms with Crippen LogP contribution in [0.5, 0.6) is 5.75 Å². The number of halogens is 3. The number of hydrogen-bond donors (Lipinski definition) is 1. The van der Waals surface area contributed by atoms with Gasteiger partial charge in [0.1, 0.15) is 17.6 Å². The summed E-state index contributed by atoms with van der Waals surface area (Å²) in [6.07, 6.45) is -0.439. The SMILES string of the molecule is CCS(=O)(=O)NC1C2Cc3cccc(c3F)-c3ccccc3OCCC(=O)N2CC1(F)F. The number of fused-ring (bicyclic) bond motifs is 5. The second kappa shape index (κ2) is 8.40. The van der Waals surface area contributed by atoms with Gasteiger partial charge in [-0.25, -0.2) is 26.3 Å². The van der Waals surface area contributed by atoms with Gasteiger partial charge in [0.25, 0.3) is 5.92 Å². The van der Waals surface area contributed by atoms with Crippen molar-refractivity contribution >= 4 is 15.9 Å². The molecular formula is C22H23F3N2O4S. The van der Waals surface area contributed by atoms with E-state index in [9.17, 15) is 22.0 Å². The van der Waals surface area contributed by atoms with Crippen molar-refractivity contribution in [2.24, 2.45) is 0 Å². The van der Waals surface area contributed by atoms with Crippen LogP contribution in [-0.2, 0) is 21.2 Å². The van der Waals surface area contributed by atoms with Gasteiger partial charge in [0.15, 0.2) is 0 Å². The zero-order valence-electron chi connectivity index (χ0n) is 17.4. The largest absolute Gasteiger partial charge is 0.492 e. The van der Waals surface area contributed by atoms with E-state index >= 15 is 4.39 Å². The first-order valence-corrected chi connectivity index (χ1v) is 11.9. The molecule has 2 aromatic carbocycles. The molecule has 2 bridgehead atoms. The summed E-state index contributed by atoms with van der Waals surface area (Å²) in [5.41, 5.74) is 0.836. The quantitative estimate of drug-likeness (QED) is 0.752. The summed E-state index contributed by atoms with van der Waals surface area (Å²) in [6, 6.07) is 8.28. The molecule has 2 heterocycles. The van der Waals surface area contributed by atoms with Crippen LogP contribution in [0.3, 0.4) is 0 Å². The summed E-state index contributed by atoms with van der Waals surface area (Å²) in [4.78, 5) is 13.8. The summed E-state index contributed by atoms with van der Waals surface area (Å²) in [7, 11) is -4.00. The van der Waals surface area contributed by atoms with Gasteiger partial charge in [0.05, 0.1) is 31.4 Å². The lowest BCUT2D eigenvalue weighted by atomic mass is 9.94. The normalized spacial score (nSPS) is 22.9. The maximum atomic E-state index is 15.5. The van der Waals surface area contributed by atoms with Crippen LogP contribution in [0.2, 0.25) is 0 Å². The topological polar surface area (TPSA) is 75.7 Å². The first kappa shape index (κ1) is 22.6. The van der Waals surface area contributed by atoms with Gasteiger partial charge in [0, 0.05) is 11.1 Å². The van der Waals surface area contributed by atoms with Gasteiger partial charge in [-0.1, -0.05) is 36.4 Å². The maximum absolute atomic E-state index is 15.5. The molecule has 0 saturated carbocycles. The molecule has 2 aromatic rings. The Bertz CT molecular complexity index is 1140. The second-order valence-corrected chi connectivity index (χ2v) is 9.97. The number of benzene rings is 2. The molecule has 2 aliphatic heterocycles. The molecule has 2 aliphatic rings. The van der Waals surface area contributed by atoms with Gasteiger partial charge in [-0.2, -0.15) is 0 Å². The van der Waals surface area contributed by atoms with Crippen LogP contribution in [0.15, 0.2) is 42.5 Å². The van der Waals surface area contributed by atoms with Crippen molar-refractivity contribution in [3.05, 3.63) is 53.8 Å². The Hall–Kier alpha value is -2.59. The van der Waals surface area contributed by atoms with Crippen molar-refractivity contribution in [3.63, 3.8) is 0 Å². The Kier molecular flexibility index (Phi) is 5.93. The number of rotatable bonds is 3. The highest BCUT2D eigenvalue weighted by molar-refractivity contribution is 7.89. The van der Waals surface area contributed by atoms with E-state index in [0.29, 0.717) is 11.3 Å². The first-order valence-electron chi connectivity index (χ1n) is 10.3. The predicted octanol–water partition coefficient (Wildman–Crippen LogP) is 2.97. The van der Waals surface area contributed by atoms with Gasteiger partial charge in [-0.05, 0) is 25.0 Å². The highest BCUT2D eigenvalue weighted by atomic mass is 32.2. The molecule has 2 unspecified atom stereocenters. The number of nitrogens with zero attached hydrogens (tertiary/aromatic N) is 1. The summed E-state index contributed by atoms with van der Waals surface area (Å²) < 4.78 is 77.3. The monoisotopic (exact) mass is 468 g/mol. The number of carbonyl (C=O) groups excluding carboxylic acids is 1. The third-order valence-corrected chi connectivity index (χ3v) is 7.26. The maximum Gasteiger partial charge on any atom is 0.283 e. The van der Waals surface area contributed by atoms with Crippen LogP contribution in [0.25, 0.3) is 11.1 Å². The zero-order chi connectivity index (χ0) is 23.1. The van der Waals surface area contributed by atoms with E-state index in [1.807, 2.05) is 4.72 Å². The van der Waals surface area contributed by atoms with Gasteiger partial charge in [0.2, 0.25) is 15.9 Å². The number of carbonyl (C=O) groups is 1. The number of sulfonamides is 1. The van der Waals surface area contributed by atoms with Crippen LogP contribution in [0.4, 0.5) is 13.2 Å². The van der Waals surface area contributed by atoms with E-state index < -0.39 is 52.1 Å². The van der Waals surface area contributed by atoms with Crippen LogP contribution in [0.1, 0.15) is 18.9 Å². The van der Waals surface area contributed by atoms with E-state index in [4.69, 9.17) is 4.74 Å². The van der Waals surface area contributed by atoms with Crippen molar-refractivity contribution in [1.82, 2.24) is 9.62 Å². The minimum atomic E-state index is -4.00. The first-order chi connectivity index (χ1) is 15.1. The molecule has 4 rings (SSSR count). The van der Waals surface area contributed by atoms with Gasteiger partial charge < -0.3 is 9.64 Å². The molecule has 1 amide bonds. The lowest BCUT2D eigenvalue weighted by Crippen LogP contribution is -2.52. The number of para-hydroxylation sites is 1. The van der Waals surface area contributed by atoms with E-state index in [1.54, 1.807) is 36.4 Å². The Morgan fingerprint density at radius 2 is 1.88 bits per heavy atom. The van der Waals surface area contributed by atoms with Gasteiger partial charge in [-0.15, -0.1) is 0 Å². The Morgan fingerprint density at radius 1 is 1.16 bits per heavy atom. The molecule has 1 saturated heterocycles. The number of nitrogens with one attached hydrogen (secondary N) is 1. The molecular weight excluding hydrogens is 445 g/mol. The number of ether oxygens (including phenoxy) is 1. The summed E-state index contributed by atoms with van der Waals surface area (Å²) in [6.45, 7) is 0.292. The molecule has 172 valence electrons. The number of alkyl halides is 2. The molecule has 1 N–H and O–H groups in total. The molecule has 0 radical (unpaired) electrons. The highest BCUT2D eigenvalue weighted by Crippen LogP contribution is 2.38. The highest BCUT2D eigenvalue weighted by Gasteiger charge is 2.57. The lowest BCUT2D eigenvalue weighted by Gasteiger charge is -2.29. The predicted molar refractivity (Wildman–Crippen MR) is 112 cm³/mol. The van der Waals surface area contributed by atoms with Gasteiger partial charge >= 0.3 is 0 Å². The number of hydrogen-bond acceptors (Lipinski definition) is 4. The third-order valence-electron chi connectivity index (χ3n) is 5.89. The smallest absolute Gasteiger partial charge is 0.283 e. The van der Waals surface area contributed by atoms with Gasteiger partial charge in [-0.3, -0.25) is 4.79 Å². The molecule has 0 aromatic heterocycles. The van der Waals surface area contributed by atoms with Crippen molar-refractivity contribution in [1.29, 1.82) is 0 Å². The van der Waals surface area contributed by atoms with Crippen molar-refractivity contribution < 1.29 is 31.1 Å². The average molecular weight is 468 g/mol. The Morgan fingerprint density at radius 3 is 2.62 bits per heavy atom. The van der Waals surface area contributed by atoms with Crippen LogP contribution < -0.4 is 9.46 Å². The van der Waals surface area contributed by atoms with Crippen LogP contribution in [-0.4, -0.2) is 56.1 Å². The summed E-state index contributed by atoms with van der Waals surface area (Å²) in [5, 5.41) is 0. The Labute approximate surface area is 184 Å². The molecule has 10 heteroatoms. The van der Waals surface area contributed by atoms with E-state index in [-0.39, 0.29) is 30.6 Å². The fourth-order valence-corrected chi connectivity index (χ4v) is 5.11. The average Bonchev–Trinajstić information content (AvgIpc) is 2.99. The molecule has 0 spiro atoms.